The van der Waals surface area contributed by atoms with Gasteiger partial charge in [-0.15, -0.1) is 5.16 Å². The van der Waals surface area contributed by atoms with E-state index in [-0.39, 0.29) is 0 Å². The van der Waals surface area contributed by atoms with Gasteiger partial charge in [0.2, 0.25) is 0 Å². The zero-order valence-corrected chi connectivity index (χ0v) is 5.48. The summed E-state index contributed by atoms with van der Waals surface area (Å²) in [6.07, 6.45) is 1.99. The van der Waals surface area contributed by atoms with E-state index >= 15 is 0 Å². The molecule has 0 fully saturated rings. The maximum Gasteiger partial charge on any atom is 0.105 e. The minimum absolute atomic E-state index is 0.767. The van der Waals surface area contributed by atoms with Crippen LogP contribution < -0.4 is 0 Å². The van der Waals surface area contributed by atoms with E-state index in [0.717, 1.165) is 12.6 Å². The van der Waals surface area contributed by atoms with Gasteiger partial charge in [-0.3, -0.25) is 0 Å². The lowest BCUT2D eigenvalue weighted by atomic mass is 10.6. The molecule has 0 heterocycles. The highest BCUT2D eigenvalue weighted by atomic mass is 32.7. The minimum Gasteiger partial charge on any atom is -0.469 e. The van der Waals surface area contributed by atoms with Crippen LogP contribution in [0.15, 0.2) is 0 Å². The fourth-order valence-electron chi connectivity index (χ4n) is 0.203. The van der Waals surface area contributed by atoms with Gasteiger partial charge in [-0.05, 0) is 6.42 Å². The molecule has 0 aliphatic carbocycles. The van der Waals surface area contributed by atoms with Crippen molar-refractivity contribution >= 4 is 19.2 Å². The van der Waals surface area contributed by atoms with Crippen molar-refractivity contribution in [3.8, 4) is 0 Å². The summed E-state index contributed by atoms with van der Waals surface area (Å²) in [6.45, 7) is 1.28. The third-order valence-corrected chi connectivity index (χ3v) is 1.83. The Morgan fingerprint density at radius 2 is 2.33 bits per heavy atom. The fourth-order valence-corrected chi connectivity index (χ4v) is 1.16. The number of nitrogens with one attached hydrogen (secondary N) is 1. The Morgan fingerprint density at radius 1 is 1.83 bits per heavy atom. The molecule has 0 aromatic rings. The van der Waals surface area contributed by atoms with Crippen LogP contribution >= 0.6 is 6.92 Å². The van der Waals surface area contributed by atoms with Crippen LogP contribution in [0, 0.1) is 5.16 Å². The van der Waals surface area contributed by atoms with Crippen LogP contribution in [0.25, 0.3) is 0 Å². The Kier molecular flexibility index (Phi) is 3.91. The molecule has 0 aliphatic heterocycles. The highest BCUT2D eigenvalue weighted by Gasteiger charge is 1.82. The molecular formula is C3H8NPS. The second-order valence-corrected chi connectivity index (χ2v) is 3.63. The molecule has 0 saturated carbocycles. The van der Waals surface area contributed by atoms with Crippen molar-refractivity contribution in [1.29, 1.82) is 5.16 Å². The second kappa shape index (κ2) is 3.63. The lowest BCUT2D eigenvalue weighted by molar-refractivity contribution is 1.10. The third-order valence-electron chi connectivity index (χ3n) is 0.427. The van der Waals surface area contributed by atoms with E-state index < -0.39 is 6.92 Å². The summed E-state index contributed by atoms with van der Waals surface area (Å²) in [4.78, 5) is 0. The molecule has 3 heteroatoms. The normalized spacial score (nSPS) is 11.3. The summed E-state index contributed by atoms with van der Waals surface area (Å²) < 4.78 is 0. The molecule has 0 aliphatic rings. The van der Waals surface area contributed by atoms with Crippen LogP contribution in [-0.2, 0) is 12.2 Å². The molecule has 1 atom stereocenters. The molecule has 36 valence electrons. The van der Waals surface area contributed by atoms with E-state index in [0.29, 0.717) is 0 Å². The first-order valence-corrected chi connectivity index (χ1v) is 4.47. The maximum atomic E-state index is 6.86. The molecule has 1 N–H and O–H groups in total. The Balaban J connectivity index is 2.83. The van der Waals surface area contributed by atoms with E-state index in [9.17, 15) is 0 Å². The Labute approximate surface area is 44.6 Å². The molecule has 1 unspecified atom stereocenters. The van der Waals surface area contributed by atoms with Crippen molar-refractivity contribution < 1.29 is 0 Å². The quantitative estimate of drug-likeness (QED) is 0.439. The van der Waals surface area contributed by atoms with Gasteiger partial charge in [-0.25, -0.2) is 0 Å². The predicted molar refractivity (Wildman–Crippen MR) is 32.2 cm³/mol. The first-order chi connectivity index (χ1) is 2.77. The van der Waals surface area contributed by atoms with Crippen LogP contribution in [0.3, 0.4) is 0 Å². The first kappa shape index (κ1) is 6.45. The smallest absolute Gasteiger partial charge is 0.105 e. The molecule has 0 aromatic carbocycles. The lowest BCUT2D eigenvalue weighted by Crippen LogP contribution is -1.64. The van der Waals surface area contributed by atoms with Crippen LogP contribution in [0.4, 0.5) is 0 Å². The monoisotopic (exact) mass is 121 g/mol. The second-order valence-electron chi connectivity index (χ2n) is 1.10. The SMILES string of the molecule is CCC[P+](=N)[S-]. The van der Waals surface area contributed by atoms with E-state index in [1.807, 2.05) is 0 Å². The van der Waals surface area contributed by atoms with Crippen LogP contribution in [0.5, 0.6) is 0 Å². The Bertz CT molecular complexity index is 54.8. The summed E-state index contributed by atoms with van der Waals surface area (Å²) in [5.74, 6) is 0. The highest BCUT2D eigenvalue weighted by Crippen LogP contribution is 2.16. The predicted octanol–water partition coefficient (Wildman–Crippen LogP) is 2.10. The minimum atomic E-state index is -0.767. The van der Waals surface area contributed by atoms with Gasteiger partial charge in [0.15, 0.2) is 0 Å². The van der Waals surface area contributed by atoms with Crippen molar-refractivity contribution in [3.05, 3.63) is 0 Å². The van der Waals surface area contributed by atoms with Gasteiger partial charge in [0.1, 0.15) is 6.16 Å². The van der Waals surface area contributed by atoms with Crippen molar-refractivity contribution in [1.82, 2.24) is 0 Å². The van der Waals surface area contributed by atoms with Gasteiger partial charge in [-0.2, -0.15) is 0 Å². The van der Waals surface area contributed by atoms with Crippen molar-refractivity contribution in [2.24, 2.45) is 0 Å². The van der Waals surface area contributed by atoms with Crippen molar-refractivity contribution in [2.75, 3.05) is 6.16 Å². The van der Waals surface area contributed by atoms with Crippen molar-refractivity contribution in [2.45, 2.75) is 13.3 Å². The number of rotatable bonds is 2. The number of hydrogen-bond donors (Lipinski definition) is 1. The first-order valence-electron chi connectivity index (χ1n) is 1.93. The van der Waals surface area contributed by atoms with E-state index in [2.05, 4.69) is 19.2 Å². The molecule has 0 spiro atoms. The van der Waals surface area contributed by atoms with Crippen LogP contribution in [-0.4, -0.2) is 6.16 Å². The van der Waals surface area contributed by atoms with Crippen LogP contribution in [0.1, 0.15) is 13.3 Å². The lowest BCUT2D eigenvalue weighted by Gasteiger charge is -1.84. The Hall–Kier alpha value is 0.450. The van der Waals surface area contributed by atoms with Gasteiger partial charge in [0, 0.05) is 0 Å². The molecule has 1 nitrogen and oxygen atoms in total. The molecule has 0 bridgehead atoms. The molecular weight excluding hydrogens is 113 g/mol. The average Bonchev–Trinajstić information content (AvgIpc) is 1.35. The maximum absolute atomic E-state index is 6.86. The number of hydrogen-bond acceptors (Lipinski definition) is 2. The molecule has 6 heavy (non-hydrogen) atoms. The van der Waals surface area contributed by atoms with Gasteiger partial charge in [0.25, 0.3) is 0 Å². The van der Waals surface area contributed by atoms with Gasteiger partial charge in [-0.1, -0.05) is 6.92 Å². The Morgan fingerprint density at radius 3 is 2.33 bits per heavy atom. The standard InChI is InChI=1S/C3H8NPS/c1-2-3-5(4)6/h4H,2-3H2,1H3. The molecule has 0 rings (SSSR count). The molecule has 0 amide bonds. The summed E-state index contributed by atoms with van der Waals surface area (Å²) in [5.41, 5.74) is 0. The zero-order valence-electron chi connectivity index (χ0n) is 3.77. The topological polar surface area (TPSA) is 23.9 Å². The van der Waals surface area contributed by atoms with Gasteiger partial charge < -0.3 is 12.2 Å². The van der Waals surface area contributed by atoms with Gasteiger partial charge in [0.05, 0.1) is 6.92 Å². The molecule has 0 radical (unpaired) electrons. The largest absolute Gasteiger partial charge is 0.469 e. The summed E-state index contributed by atoms with van der Waals surface area (Å²) >= 11 is 4.61. The average molecular weight is 121 g/mol. The molecule has 0 aromatic heterocycles. The summed E-state index contributed by atoms with van der Waals surface area (Å²) in [7, 11) is 0. The molecule has 0 saturated heterocycles. The zero-order chi connectivity index (χ0) is 4.99. The third kappa shape index (κ3) is 4.45. The summed E-state index contributed by atoms with van der Waals surface area (Å²) in [5, 5.41) is 6.86. The van der Waals surface area contributed by atoms with Crippen LogP contribution in [0.2, 0.25) is 0 Å². The van der Waals surface area contributed by atoms with E-state index in [1.165, 1.54) is 0 Å². The van der Waals surface area contributed by atoms with Crippen molar-refractivity contribution in [3.63, 3.8) is 0 Å². The highest BCUT2D eigenvalue weighted by molar-refractivity contribution is 8.28. The van der Waals surface area contributed by atoms with E-state index in [4.69, 9.17) is 5.16 Å². The van der Waals surface area contributed by atoms with Gasteiger partial charge >= 0.3 is 0 Å². The van der Waals surface area contributed by atoms with E-state index in [1.54, 1.807) is 0 Å². The summed E-state index contributed by atoms with van der Waals surface area (Å²) in [6, 6.07) is 0. The fraction of sp³-hybridized carbons (Fsp3) is 1.00.